The van der Waals surface area contributed by atoms with E-state index in [0.29, 0.717) is 17.3 Å². The number of benzene rings is 2. The normalized spacial score (nSPS) is 10.9. The summed E-state index contributed by atoms with van der Waals surface area (Å²) in [4.78, 5) is 12.6. The number of amides is 2. The van der Waals surface area contributed by atoms with Crippen molar-refractivity contribution in [2.75, 3.05) is 17.2 Å². The van der Waals surface area contributed by atoms with E-state index in [4.69, 9.17) is 16.3 Å². The van der Waals surface area contributed by atoms with Gasteiger partial charge in [0.15, 0.2) is 12.2 Å². The first-order valence-electron chi connectivity index (χ1n) is 14.6. The summed E-state index contributed by atoms with van der Waals surface area (Å²) in [6.07, 6.45) is 15.9. The number of nitrogens with one attached hydrogen (secondary N) is 2. The van der Waals surface area contributed by atoms with Crippen LogP contribution in [0.2, 0.25) is 5.02 Å². The van der Waals surface area contributed by atoms with Crippen LogP contribution in [0.4, 0.5) is 16.2 Å². The molecule has 212 valence electrons. The summed E-state index contributed by atoms with van der Waals surface area (Å²) in [6, 6.07) is 12.9. The van der Waals surface area contributed by atoms with E-state index >= 15 is 0 Å². The number of unbranched alkanes of at least 4 members (excludes halogenated alkanes) is 11. The highest BCUT2D eigenvalue weighted by atomic mass is 35.5. The lowest BCUT2D eigenvalue weighted by Gasteiger charge is -2.12. The minimum atomic E-state index is -0.335. The maximum absolute atomic E-state index is 12.6. The Morgan fingerprint density at radius 1 is 0.897 bits per heavy atom. The van der Waals surface area contributed by atoms with Crippen molar-refractivity contribution in [1.29, 1.82) is 0 Å². The van der Waals surface area contributed by atoms with E-state index in [1.807, 2.05) is 24.3 Å². The third-order valence-corrected chi connectivity index (χ3v) is 8.04. The third kappa shape index (κ3) is 12.0. The van der Waals surface area contributed by atoms with Crippen LogP contribution in [0, 0.1) is 6.92 Å². The van der Waals surface area contributed by atoms with Crippen molar-refractivity contribution in [2.24, 2.45) is 0 Å². The van der Waals surface area contributed by atoms with Gasteiger partial charge in [-0.1, -0.05) is 113 Å². The predicted molar refractivity (Wildman–Crippen MR) is 165 cm³/mol. The fourth-order valence-electron chi connectivity index (χ4n) is 4.56. The van der Waals surface area contributed by atoms with Crippen LogP contribution in [0.15, 0.2) is 53.4 Å². The molecule has 0 atom stereocenters. The molecule has 0 saturated heterocycles. The molecule has 39 heavy (non-hydrogen) atoms. The summed E-state index contributed by atoms with van der Waals surface area (Å²) in [7, 11) is 0. The number of anilines is 2. The smallest absolute Gasteiger partial charge is 0.323 e. The molecule has 0 aliphatic carbocycles. The Hall–Kier alpha value is -2.57. The maximum atomic E-state index is 12.6. The molecule has 0 aliphatic heterocycles. The number of rotatable bonds is 18. The molecule has 0 bridgehead atoms. The number of nitrogens with zero attached hydrogens (tertiary/aromatic N) is 1. The van der Waals surface area contributed by atoms with Gasteiger partial charge >= 0.3 is 6.03 Å². The van der Waals surface area contributed by atoms with Crippen molar-refractivity contribution in [3.05, 3.63) is 69.6 Å². The van der Waals surface area contributed by atoms with Gasteiger partial charge in [-0.15, -0.1) is 0 Å². The Balaban J connectivity index is 1.30. The minimum absolute atomic E-state index is 0.335. The van der Waals surface area contributed by atoms with Gasteiger partial charge in [0.1, 0.15) is 5.75 Å². The van der Waals surface area contributed by atoms with E-state index in [9.17, 15) is 4.79 Å². The van der Waals surface area contributed by atoms with Gasteiger partial charge in [-0.25, -0.2) is 4.79 Å². The molecule has 1 aromatic heterocycles. The molecule has 2 aromatic carbocycles. The molecule has 1 heterocycles. The monoisotopic (exact) mass is 570 g/mol. The topological polar surface area (TPSA) is 54.2 Å². The molecule has 3 aromatic rings. The Kier molecular flexibility index (Phi) is 14.2. The second kappa shape index (κ2) is 17.9. The van der Waals surface area contributed by atoms with E-state index in [1.165, 1.54) is 76.3 Å². The highest BCUT2D eigenvalue weighted by Crippen LogP contribution is 2.27. The average molecular weight is 571 g/mol. The third-order valence-electron chi connectivity index (χ3n) is 6.87. The van der Waals surface area contributed by atoms with Crippen molar-refractivity contribution in [3.63, 3.8) is 0 Å². The predicted octanol–water partition coefficient (Wildman–Crippen LogP) is 9.77. The van der Waals surface area contributed by atoms with Crippen molar-refractivity contribution < 1.29 is 14.1 Å². The standard InChI is InChI=1S/C32H44ClN3O2S/c1-3-4-5-6-7-8-9-10-11-12-13-14-20-38-29-18-19-31(30(33)22-29)35-32(37)34-28-17-15-16-27(21-28)23-36-25-39-24-26(36)2/h15-19,21-22,24-25H,3-14,20,23H2,1-2H3,(H-,34,35,37)/p+1. The van der Waals surface area contributed by atoms with E-state index in [1.54, 1.807) is 23.5 Å². The highest BCUT2D eigenvalue weighted by molar-refractivity contribution is 7.07. The lowest BCUT2D eigenvalue weighted by molar-refractivity contribution is -0.689. The number of aromatic nitrogens is 1. The van der Waals surface area contributed by atoms with E-state index in [2.05, 4.69) is 46.0 Å². The highest BCUT2D eigenvalue weighted by Gasteiger charge is 2.11. The van der Waals surface area contributed by atoms with Gasteiger partial charge in [-0.3, -0.25) is 0 Å². The van der Waals surface area contributed by atoms with Crippen LogP contribution >= 0.6 is 22.9 Å². The second-order valence-corrected chi connectivity index (χ2v) is 11.4. The van der Waals surface area contributed by atoms with Crippen LogP contribution in [0.3, 0.4) is 0 Å². The molecule has 3 rings (SSSR count). The molecular weight excluding hydrogens is 526 g/mol. The molecule has 2 N–H and O–H groups in total. The zero-order chi connectivity index (χ0) is 27.7. The number of carbonyl (C=O) groups excluding carboxylic acids is 1. The summed E-state index contributed by atoms with van der Waals surface area (Å²) >= 11 is 8.11. The Bertz CT molecular complexity index is 1130. The zero-order valence-corrected chi connectivity index (χ0v) is 25.2. The number of urea groups is 1. The van der Waals surface area contributed by atoms with Crippen LogP contribution in [-0.2, 0) is 6.54 Å². The van der Waals surface area contributed by atoms with Crippen molar-refractivity contribution >= 4 is 40.3 Å². The van der Waals surface area contributed by atoms with E-state index in [0.717, 1.165) is 30.0 Å². The lowest BCUT2D eigenvalue weighted by atomic mass is 10.1. The van der Waals surface area contributed by atoms with Crippen LogP contribution in [0.1, 0.15) is 95.2 Å². The first-order valence-corrected chi connectivity index (χ1v) is 15.9. The number of ether oxygens (including phenoxy) is 1. The number of carbonyl (C=O) groups is 1. The fourth-order valence-corrected chi connectivity index (χ4v) is 5.56. The van der Waals surface area contributed by atoms with Crippen molar-refractivity contribution in [3.8, 4) is 5.75 Å². The number of hydrogen-bond acceptors (Lipinski definition) is 3. The molecular formula is C32H45ClN3O2S+. The number of thiazole rings is 1. The largest absolute Gasteiger partial charge is 0.494 e. The van der Waals surface area contributed by atoms with Gasteiger partial charge in [0.05, 0.1) is 22.7 Å². The molecule has 0 unspecified atom stereocenters. The quantitative estimate of drug-likeness (QED) is 0.118. The molecule has 0 spiro atoms. The van der Waals surface area contributed by atoms with E-state index in [-0.39, 0.29) is 6.03 Å². The summed E-state index contributed by atoms with van der Waals surface area (Å²) in [5.74, 6) is 0.725. The molecule has 5 nitrogen and oxygen atoms in total. The fraction of sp³-hybridized carbons (Fsp3) is 0.500. The zero-order valence-electron chi connectivity index (χ0n) is 23.6. The number of hydrogen-bond donors (Lipinski definition) is 2. The summed E-state index contributed by atoms with van der Waals surface area (Å²) in [5, 5.41) is 8.31. The number of aryl methyl sites for hydroxylation is 1. The van der Waals surface area contributed by atoms with Crippen molar-refractivity contribution in [1.82, 2.24) is 0 Å². The second-order valence-electron chi connectivity index (χ2n) is 10.3. The average Bonchev–Trinajstić information content (AvgIpc) is 3.32. The molecule has 7 heteroatoms. The SMILES string of the molecule is CCCCCCCCCCCCCCOc1ccc(NC(=O)Nc2cccc(C[n+]3cscc3C)c2)c(Cl)c1. The summed E-state index contributed by atoms with van der Waals surface area (Å²) in [6.45, 7) is 5.80. The lowest BCUT2D eigenvalue weighted by Crippen LogP contribution is -2.34. The molecule has 0 aliphatic rings. The molecule has 2 amide bonds. The van der Waals surface area contributed by atoms with Gasteiger partial charge in [-0.05, 0) is 30.7 Å². The van der Waals surface area contributed by atoms with Crippen LogP contribution < -0.4 is 19.9 Å². The molecule has 0 saturated carbocycles. The maximum Gasteiger partial charge on any atom is 0.323 e. The molecule has 0 radical (unpaired) electrons. The Labute approximate surface area is 243 Å². The first kappa shape index (κ1) is 31.0. The summed E-state index contributed by atoms with van der Waals surface area (Å²) in [5.41, 5.74) is 5.71. The minimum Gasteiger partial charge on any atom is -0.494 e. The number of halogens is 1. The van der Waals surface area contributed by atoms with Crippen LogP contribution in [-0.4, -0.2) is 12.6 Å². The van der Waals surface area contributed by atoms with Crippen LogP contribution in [0.25, 0.3) is 0 Å². The van der Waals surface area contributed by atoms with Gasteiger partial charge in [-0.2, -0.15) is 4.57 Å². The summed E-state index contributed by atoms with van der Waals surface area (Å²) < 4.78 is 8.07. The Morgan fingerprint density at radius 2 is 1.59 bits per heavy atom. The van der Waals surface area contributed by atoms with Gasteiger partial charge in [0.2, 0.25) is 5.51 Å². The van der Waals surface area contributed by atoms with Gasteiger partial charge in [0, 0.05) is 24.2 Å². The van der Waals surface area contributed by atoms with Crippen molar-refractivity contribution in [2.45, 2.75) is 97.4 Å². The van der Waals surface area contributed by atoms with Gasteiger partial charge in [0.25, 0.3) is 0 Å². The Morgan fingerprint density at radius 3 is 2.23 bits per heavy atom. The first-order chi connectivity index (χ1) is 19.0. The van der Waals surface area contributed by atoms with Crippen LogP contribution in [0.5, 0.6) is 5.75 Å². The molecule has 0 fully saturated rings. The van der Waals surface area contributed by atoms with E-state index < -0.39 is 0 Å². The van der Waals surface area contributed by atoms with Gasteiger partial charge < -0.3 is 15.4 Å².